The van der Waals surface area contributed by atoms with Crippen LogP contribution in [0.25, 0.3) is 32.3 Å². The molecule has 12 aromatic carbocycles. The summed E-state index contributed by atoms with van der Waals surface area (Å²) in [5, 5.41) is 7.26. The van der Waals surface area contributed by atoms with Crippen molar-refractivity contribution >= 4 is 101 Å². The number of aryl methyl sites for hydroxylation is 1. The molecule has 0 aliphatic carbocycles. The van der Waals surface area contributed by atoms with Crippen molar-refractivity contribution in [2.24, 2.45) is 0 Å². The maximum Gasteiger partial charge on any atom is 0.0468 e. The third-order valence-electron chi connectivity index (χ3n) is 13.4. The molecular formula is C67H50N4. The van der Waals surface area contributed by atoms with Gasteiger partial charge in [0.05, 0.1) is 0 Å². The summed E-state index contributed by atoms with van der Waals surface area (Å²) in [7, 11) is 0. The first kappa shape index (κ1) is 42.9. The van der Waals surface area contributed by atoms with E-state index in [1.54, 1.807) is 0 Å². The number of nitrogens with zero attached hydrogens (tertiary/aromatic N) is 4. The normalized spacial score (nSPS) is 11.2. The highest BCUT2D eigenvalue weighted by Crippen LogP contribution is 2.44. The molecule has 0 spiro atoms. The monoisotopic (exact) mass is 910 g/mol. The Kier molecular flexibility index (Phi) is 11.5. The number of benzene rings is 12. The highest BCUT2D eigenvalue weighted by Gasteiger charge is 2.20. The average molecular weight is 911 g/mol. The second-order valence-corrected chi connectivity index (χ2v) is 18.0. The molecule has 0 saturated heterocycles. The van der Waals surface area contributed by atoms with E-state index >= 15 is 0 Å². The fourth-order valence-corrected chi connectivity index (χ4v) is 9.91. The molecule has 0 radical (unpaired) electrons. The van der Waals surface area contributed by atoms with Crippen molar-refractivity contribution in [3.63, 3.8) is 0 Å². The lowest BCUT2D eigenvalue weighted by atomic mass is 10.1. The van der Waals surface area contributed by atoms with Gasteiger partial charge in [-0.1, -0.05) is 140 Å². The number of hydrogen-bond acceptors (Lipinski definition) is 4. The van der Waals surface area contributed by atoms with Crippen molar-refractivity contribution in [2.45, 2.75) is 6.92 Å². The van der Waals surface area contributed by atoms with Crippen LogP contribution in [0.15, 0.2) is 285 Å². The number of hydrogen-bond donors (Lipinski definition) is 0. The summed E-state index contributed by atoms with van der Waals surface area (Å²) in [5.41, 5.74) is 14.2. The molecule has 12 aromatic rings. The zero-order valence-corrected chi connectivity index (χ0v) is 39.4. The first-order chi connectivity index (χ1) is 35.1. The van der Waals surface area contributed by atoms with Gasteiger partial charge in [-0.15, -0.1) is 0 Å². The minimum Gasteiger partial charge on any atom is -0.310 e. The van der Waals surface area contributed by atoms with Crippen molar-refractivity contribution in [2.75, 3.05) is 19.6 Å². The van der Waals surface area contributed by atoms with Crippen molar-refractivity contribution in [3.05, 3.63) is 291 Å². The smallest absolute Gasteiger partial charge is 0.0468 e. The van der Waals surface area contributed by atoms with Gasteiger partial charge in [0.15, 0.2) is 0 Å². The molecule has 71 heavy (non-hydrogen) atoms. The summed E-state index contributed by atoms with van der Waals surface area (Å²) < 4.78 is 0. The van der Waals surface area contributed by atoms with Crippen LogP contribution in [0.4, 0.5) is 68.2 Å². The van der Waals surface area contributed by atoms with E-state index < -0.39 is 0 Å². The summed E-state index contributed by atoms with van der Waals surface area (Å²) in [5.74, 6) is 0. The SMILES string of the molecule is Cc1cccc(N(c2ccc(N(c3ccc(N(c4ccccc4)c4ccc5ccccc5c4)cc3)c3ccc(N(c4ccccc4)c4ccc5ccccc5c4)cc3)cc2)c2ccc3ccccc3c2)c1. The van der Waals surface area contributed by atoms with Crippen LogP contribution < -0.4 is 19.6 Å². The quantitative estimate of drug-likeness (QED) is 0.121. The van der Waals surface area contributed by atoms with Gasteiger partial charge in [0.1, 0.15) is 0 Å². The summed E-state index contributed by atoms with van der Waals surface area (Å²) in [6.07, 6.45) is 0. The number of fused-ring (bicyclic) bond motifs is 3. The topological polar surface area (TPSA) is 13.0 Å². The molecular weight excluding hydrogens is 861 g/mol. The van der Waals surface area contributed by atoms with Crippen molar-refractivity contribution in [1.29, 1.82) is 0 Å². The third kappa shape index (κ3) is 8.71. The van der Waals surface area contributed by atoms with E-state index in [1.807, 2.05) is 0 Å². The standard InChI is InChI=1S/C67H50N4/c1-49-15-14-26-64(45-49)71(67-32-29-52-18-10-13-21-55(52)48-67)63-43-37-60(38-44-63)68(58-33-39-61(40-34-58)69(56-22-4-2-5-23-56)65-30-27-50-16-8-11-19-53(50)46-65)59-35-41-62(42-36-59)70(57-24-6-3-7-25-57)66-31-28-51-17-9-12-20-54(51)47-66/h2-48H,1H3. The van der Waals surface area contributed by atoms with Crippen LogP contribution in [-0.2, 0) is 0 Å². The molecule has 0 unspecified atom stereocenters. The molecule has 0 amide bonds. The van der Waals surface area contributed by atoms with Crippen LogP contribution in [0.1, 0.15) is 5.56 Å². The van der Waals surface area contributed by atoms with Crippen LogP contribution in [0, 0.1) is 6.92 Å². The van der Waals surface area contributed by atoms with Gasteiger partial charge in [-0.2, -0.15) is 0 Å². The minimum absolute atomic E-state index is 1.04. The molecule has 0 N–H and O–H groups in total. The number of anilines is 12. The van der Waals surface area contributed by atoms with Crippen molar-refractivity contribution in [1.82, 2.24) is 0 Å². The van der Waals surface area contributed by atoms with Gasteiger partial charge in [-0.05, 0) is 190 Å². The molecule has 0 heterocycles. The van der Waals surface area contributed by atoms with E-state index in [0.29, 0.717) is 0 Å². The molecule has 4 heteroatoms. The van der Waals surface area contributed by atoms with E-state index in [2.05, 4.69) is 312 Å². The zero-order chi connectivity index (χ0) is 47.5. The van der Waals surface area contributed by atoms with Crippen LogP contribution in [0.5, 0.6) is 0 Å². The molecule has 0 aliphatic rings. The highest BCUT2D eigenvalue weighted by molar-refractivity contribution is 5.93. The maximum atomic E-state index is 2.36. The first-order valence-corrected chi connectivity index (χ1v) is 24.2. The van der Waals surface area contributed by atoms with Crippen molar-refractivity contribution < 1.29 is 0 Å². The summed E-state index contributed by atoms with van der Waals surface area (Å²) in [6.45, 7) is 2.15. The maximum absolute atomic E-state index is 2.36. The van der Waals surface area contributed by atoms with Crippen LogP contribution in [0.3, 0.4) is 0 Å². The van der Waals surface area contributed by atoms with E-state index in [4.69, 9.17) is 0 Å². The lowest BCUT2D eigenvalue weighted by molar-refractivity contribution is 1.24. The van der Waals surface area contributed by atoms with E-state index in [9.17, 15) is 0 Å². The van der Waals surface area contributed by atoms with Crippen molar-refractivity contribution in [3.8, 4) is 0 Å². The molecule has 0 aliphatic heterocycles. The lowest BCUT2D eigenvalue weighted by Gasteiger charge is -2.30. The molecule has 0 fully saturated rings. The highest BCUT2D eigenvalue weighted by atomic mass is 15.2. The van der Waals surface area contributed by atoms with E-state index in [-0.39, 0.29) is 0 Å². The molecule has 0 saturated carbocycles. The van der Waals surface area contributed by atoms with Gasteiger partial charge in [-0.3, -0.25) is 0 Å². The average Bonchev–Trinajstić information content (AvgIpc) is 3.43. The van der Waals surface area contributed by atoms with Crippen LogP contribution >= 0.6 is 0 Å². The number of rotatable bonds is 12. The molecule has 0 atom stereocenters. The second-order valence-electron chi connectivity index (χ2n) is 18.0. The predicted octanol–water partition coefficient (Wildman–Crippen LogP) is 19.3. The Bertz CT molecular complexity index is 3610. The summed E-state index contributed by atoms with van der Waals surface area (Å²) in [6, 6.07) is 103. The van der Waals surface area contributed by atoms with Crippen LogP contribution in [-0.4, -0.2) is 0 Å². The van der Waals surface area contributed by atoms with Gasteiger partial charge in [-0.25, -0.2) is 0 Å². The Balaban J connectivity index is 0.965. The zero-order valence-electron chi connectivity index (χ0n) is 39.4. The van der Waals surface area contributed by atoms with E-state index in [1.165, 1.54) is 37.9 Å². The van der Waals surface area contributed by atoms with Gasteiger partial charge in [0, 0.05) is 68.2 Å². The molecule has 0 aromatic heterocycles. The van der Waals surface area contributed by atoms with E-state index in [0.717, 1.165) is 68.2 Å². The predicted molar refractivity (Wildman–Crippen MR) is 302 cm³/mol. The molecule has 12 rings (SSSR count). The summed E-state index contributed by atoms with van der Waals surface area (Å²) >= 11 is 0. The van der Waals surface area contributed by atoms with Crippen LogP contribution in [0.2, 0.25) is 0 Å². The van der Waals surface area contributed by atoms with Gasteiger partial charge in [0.25, 0.3) is 0 Å². The Morgan fingerprint density at radius 2 is 0.394 bits per heavy atom. The first-order valence-electron chi connectivity index (χ1n) is 24.2. The lowest BCUT2D eigenvalue weighted by Crippen LogP contribution is -2.14. The van der Waals surface area contributed by atoms with Gasteiger partial charge in [0.2, 0.25) is 0 Å². The summed E-state index contributed by atoms with van der Waals surface area (Å²) in [4.78, 5) is 9.38. The molecule has 4 nitrogen and oxygen atoms in total. The minimum atomic E-state index is 1.04. The molecule has 0 bridgehead atoms. The Morgan fingerprint density at radius 3 is 0.718 bits per heavy atom. The molecule has 338 valence electrons. The van der Waals surface area contributed by atoms with Gasteiger partial charge >= 0.3 is 0 Å². The number of para-hydroxylation sites is 2. The second kappa shape index (κ2) is 19.0. The largest absolute Gasteiger partial charge is 0.310 e. The Labute approximate surface area is 415 Å². The van der Waals surface area contributed by atoms with Gasteiger partial charge < -0.3 is 19.6 Å². The Hall–Kier alpha value is -9.38. The Morgan fingerprint density at radius 1 is 0.169 bits per heavy atom. The fourth-order valence-electron chi connectivity index (χ4n) is 9.91. The fraction of sp³-hybridized carbons (Fsp3) is 0.0149. The third-order valence-corrected chi connectivity index (χ3v) is 13.4.